The van der Waals surface area contributed by atoms with Crippen molar-refractivity contribution in [3.63, 3.8) is 0 Å². The van der Waals surface area contributed by atoms with Crippen molar-refractivity contribution in [2.24, 2.45) is 4.99 Å². The number of nitrogens with zero attached hydrogens (tertiary/aromatic N) is 1. The molecule has 2 N–H and O–H groups in total. The number of hydrogen-bond donors (Lipinski definition) is 2. The molecule has 0 aromatic heterocycles. The quantitative estimate of drug-likeness (QED) is 0.345. The Hall–Kier alpha value is -0.650. The first-order valence-electron chi connectivity index (χ1n) is 4.00. The highest BCUT2D eigenvalue weighted by atomic mass is 16.7. The van der Waals surface area contributed by atoms with Crippen LogP contribution in [0.25, 0.3) is 0 Å². The largest absolute Gasteiger partial charge is 0.334 e. The van der Waals surface area contributed by atoms with Gasteiger partial charge in [0.2, 0.25) is 0 Å². The average Bonchev–Trinajstić information content (AvgIpc) is 2.33. The molecule has 5 heteroatoms. The molecule has 1 heterocycles. The van der Waals surface area contributed by atoms with Gasteiger partial charge >= 0.3 is 0 Å². The molecule has 70 valence electrons. The van der Waals surface area contributed by atoms with Crippen LogP contribution in [0.1, 0.15) is 19.8 Å². The van der Waals surface area contributed by atoms with Gasteiger partial charge in [0.1, 0.15) is 5.84 Å². The molecule has 1 rings (SSSR count). The van der Waals surface area contributed by atoms with Gasteiger partial charge < -0.3 is 9.47 Å². The smallest absolute Gasteiger partial charge is 0.259 e. The van der Waals surface area contributed by atoms with Crippen LogP contribution in [0.4, 0.5) is 0 Å². The fourth-order valence-electron chi connectivity index (χ4n) is 0.882. The number of amidine groups is 1. The number of aliphatic imine (C=N–C) groups is 1. The summed E-state index contributed by atoms with van der Waals surface area (Å²) in [7, 11) is 0. The monoisotopic (exact) mass is 174 g/mol. The lowest BCUT2D eigenvalue weighted by atomic mass is 10.3. The molecule has 0 amide bonds. The zero-order valence-electron chi connectivity index (χ0n) is 7.12. The van der Waals surface area contributed by atoms with E-state index in [-0.39, 0.29) is 0 Å². The lowest BCUT2D eigenvalue weighted by Gasteiger charge is -2.10. The molecule has 1 aliphatic rings. The van der Waals surface area contributed by atoms with Gasteiger partial charge in [-0.25, -0.2) is 4.99 Å². The highest BCUT2D eigenvalue weighted by Crippen LogP contribution is 2.06. The molecule has 0 aliphatic carbocycles. The van der Waals surface area contributed by atoms with Gasteiger partial charge in [0.25, 0.3) is 6.41 Å². The van der Waals surface area contributed by atoms with Gasteiger partial charge in [0, 0.05) is 0 Å². The Labute approximate surface area is 71.3 Å². The maximum Gasteiger partial charge on any atom is 0.259 e. The van der Waals surface area contributed by atoms with Crippen molar-refractivity contribution < 1.29 is 14.7 Å². The standard InChI is InChI=1S/C7H14N2O3/c1-6(9-10)8-7-11-4-2-3-5-12-7/h7,10H,2-5H2,1H3,(H,8,9). The molecule has 1 saturated heterocycles. The number of hydrogen-bond acceptors (Lipinski definition) is 4. The summed E-state index contributed by atoms with van der Waals surface area (Å²) in [6.07, 6.45) is 1.43. The third-order valence-corrected chi connectivity index (χ3v) is 1.52. The van der Waals surface area contributed by atoms with Gasteiger partial charge in [-0.1, -0.05) is 0 Å². The van der Waals surface area contributed by atoms with Crippen molar-refractivity contribution in [1.82, 2.24) is 5.48 Å². The predicted molar refractivity (Wildman–Crippen MR) is 43.0 cm³/mol. The van der Waals surface area contributed by atoms with Gasteiger partial charge in [0.05, 0.1) is 13.2 Å². The summed E-state index contributed by atoms with van der Waals surface area (Å²) in [4.78, 5) is 3.93. The number of ether oxygens (including phenoxy) is 2. The molecule has 0 spiro atoms. The van der Waals surface area contributed by atoms with Gasteiger partial charge in [-0.15, -0.1) is 0 Å². The molecule has 0 bridgehead atoms. The average molecular weight is 174 g/mol. The molecular formula is C7H14N2O3. The normalized spacial score (nSPS) is 22.0. The van der Waals surface area contributed by atoms with E-state index in [1.165, 1.54) is 0 Å². The Balaban J connectivity index is 2.38. The van der Waals surface area contributed by atoms with E-state index < -0.39 is 6.41 Å². The molecule has 0 aromatic carbocycles. The number of hydroxylamine groups is 1. The first kappa shape index (κ1) is 9.44. The molecule has 0 unspecified atom stereocenters. The summed E-state index contributed by atoms with van der Waals surface area (Å²) < 4.78 is 10.4. The van der Waals surface area contributed by atoms with Crippen LogP contribution in [0, 0.1) is 0 Å². The minimum Gasteiger partial charge on any atom is -0.334 e. The molecule has 5 nitrogen and oxygen atoms in total. The fraction of sp³-hybridized carbons (Fsp3) is 0.857. The van der Waals surface area contributed by atoms with E-state index in [2.05, 4.69) is 4.99 Å². The third-order valence-electron chi connectivity index (χ3n) is 1.52. The zero-order valence-corrected chi connectivity index (χ0v) is 7.12. The van der Waals surface area contributed by atoms with Crippen LogP contribution >= 0.6 is 0 Å². The summed E-state index contributed by atoms with van der Waals surface area (Å²) in [5, 5.41) is 8.44. The van der Waals surface area contributed by atoms with Crippen molar-refractivity contribution in [1.29, 1.82) is 0 Å². The van der Waals surface area contributed by atoms with Gasteiger partial charge in [-0.05, 0) is 19.8 Å². The van der Waals surface area contributed by atoms with E-state index in [1.807, 2.05) is 5.48 Å². The third kappa shape index (κ3) is 3.17. The molecule has 1 fully saturated rings. The Kier molecular flexibility index (Phi) is 3.99. The van der Waals surface area contributed by atoms with Gasteiger partial charge in [0.15, 0.2) is 0 Å². The molecule has 0 aromatic rings. The summed E-state index contributed by atoms with van der Waals surface area (Å²) in [5.74, 6) is 0.391. The summed E-state index contributed by atoms with van der Waals surface area (Å²) >= 11 is 0. The van der Waals surface area contributed by atoms with Gasteiger partial charge in [-0.3, -0.25) is 10.7 Å². The van der Waals surface area contributed by atoms with Crippen LogP contribution in [0.2, 0.25) is 0 Å². The SMILES string of the molecule is CC(=NC1OCCCCO1)NO. The first-order chi connectivity index (χ1) is 5.83. The lowest BCUT2D eigenvalue weighted by Crippen LogP contribution is -2.21. The van der Waals surface area contributed by atoms with Crippen LogP contribution in [-0.4, -0.2) is 30.7 Å². The highest BCUT2D eigenvalue weighted by molar-refractivity contribution is 5.78. The molecule has 12 heavy (non-hydrogen) atoms. The maximum absolute atomic E-state index is 8.44. The van der Waals surface area contributed by atoms with Gasteiger partial charge in [-0.2, -0.15) is 0 Å². The molecular weight excluding hydrogens is 160 g/mol. The predicted octanol–water partition coefficient (Wildman–Crippen LogP) is 0.494. The van der Waals surface area contributed by atoms with Crippen molar-refractivity contribution in [2.45, 2.75) is 26.2 Å². The minimum absolute atomic E-state index is 0.391. The second-order valence-corrected chi connectivity index (χ2v) is 2.58. The zero-order chi connectivity index (χ0) is 8.81. The maximum atomic E-state index is 8.44. The Morgan fingerprint density at radius 1 is 1.42 bits per heavy atom. The van der Waals surface area contributed by atoms with Crippen molar-refractivity contribution in [2.75, 3.05) is 13.2 Å². The van der Waals surface area contributed by atoms with E-state index in [9.17, 15) is 0 Å². The Morgan fingerprint density at radius 2 is 2.00 bits per heavy atom. The second-order valence-electron chi connectivity index (χ2n) is 2.58. The van der Waals surface area contributed by atoms with Crippen LogP contribution in [0.3, 0.4) is 0 Å². The summed E-state index contributed by atoms with van der Waals surface area (Å²) in [5.41, 5.74) is 1.92. The molecule has 0 radical (unpaired) electrons. The van der Waals surface area contributed by atoms with E-state index >= 15 is 0 Å². The van der Waals surface area contributed by atoms with E-state index in [0.717, 1.165) is 12.8 Å². The summed E-state index contributed by atoms with van der Waals surface area (Å²) in [6, 6.07) is 0. The first-order valence-corrected chi connectivity index (χ1v) is 4.00. The molecule has 1 aliphatic heterocycles. The van der Waals surface area contributed by atoms with Crippen LogP contribution in [0.15, 0.2) is 4.99 Å². The van der Waals surface area contributed by atoms with Crippen molar-refractivity contribution >= 4 is 5.84 Å². The lowest BCUT2D eigenvalue weighted by molar-refractivity contribution is -0.119. The van der Waals surface area contributed by atoms with E-state index in [4.69, 9.17) is 14.7 Å². The van der Waals surface area contributed by atoms with Crippen LogP contribution in [-0.2, 0) is 9.47 Å². The molecule has 0 saturated carbocycles. The van der Waals surface area contributed by atoms with E-state index in [0.29, 0.717) is 19.0 Å². The topological polar surface area (TPSA) is 63.1 Å². The second kappa shape index (κ2) is 5.08. The van der Waals surface area contributed by atoms with Crippen LogP contribution in [0.5, 0.6) is 0 Å². The Bertz CT molecular complexity index is 153. The number of rotatable bonds is 1. The summed E-state index contributed by atoms with van der Waals surface area (Å²) in [6.45, 7) is 2.96. The van der Waals surface area contributed by atoms with E-state index in [1.54, 1.807) is 6.92 Å². The fourth-order valence-corrected chi connectivity index (χ4v) is 0.882. The van der Waals surface area contributed by atoms with Crippen LogP contribution < -0.4 is 5.48 Å². The molecule has 0 atom stereocenters. The highest BCUT2D eigenvalue weighted by Gasteiger charge is 2.10. The van der Waals surface area contributed by atoms with Crippen molar-refractivity contribution in [3.8, 4) is 0 Å². The Morgan fingerprint density at radius 3 is 2.50 bits per heavy atom. The number of nitrogens with one attached hydrogen (secondary N) is 1. The minimum atomic E-state index is -0.563. The van der Waals surface area contributed by atoms with Crippen molar-refractivity contribution in [3.05, 3.63) is 0 Å².